The summed E-state index contributed by atoms with van der Waals surface area (Å²) >= 11 is 0. The zero-order chi connectivity index (χ0) is 18.6. The molecule has 1 aliphatic heterocycles. The van der Waals surface area contributed by atoms with Crippen molar-refractivity contribution in [3.8, 4) is 0 Å². The van der Waals surface area contributed by atoms with Crippen LogP contribution in [0.5, 0.6) is 0 Å². The molecule has 1 aromatic heterocycles. The van der Waals surface area contributed by atoms with Crippen LogP contribution in [-0.4, -0.2) is 61.1 Å². The molecule has 1 aliphatic carbocycles. The van der Waals surface area contributed by atoms with Gasteiger partial charge in [0.1, 0.15) is 5.25 Å². The molecule has 0 bridgehead atoms. The number of hydrogen-bond acceptors (Lipinski definition) is 3. The Morgan fingerprint density at radius 3 is 2.77 bits per heavy atom. The molecule has 0 radical (unpaired) electrons. The van der Waals surface area contributed by atoms with Gasteiger partial charge in [0.25, 0.3) is 0 Å². The summed E-state index contributed by atoms with van der Waals surface area (Å²) in [6, 6.07) is 6.58. The zero-order valence-corrected chi connectivity index (χ0v) is 16.7. The Bertz CT molecular complexity index is 988. The quantitative estimate of drug-likeness (QED) is 0.897. The van der Waals surface area contributed by atoms with Crippen molar-refractivity contribution in [3.63, 3.8) is 0 Å². The zero-order valence-electron chi connectivity index (χ0n) is 15.9. The van der Waals surface area contributed by atoms with Gasteiger partial charge in [-0.15, -0.1) is 0 Å². The van der Waals surface area contributed by atoms with Crippen LogP contribution in [0.3, 0.4) is 0 Å². The number of H-pyrrole nitrogens is 1. The minimum atomic E-state index is -3.34. The van der Waals surface area contributed by atoms with Gasteiger partial charge in [0.2, 0.25) is 10.0 Å². The predicted molar refractivity (Wildman–Crippen MR) is 107 cm³/mol. The van der Waals surface area contributed by atoms with Gasteiger partial charge in [-0.2, -0.15) is 0 Å². The number of aromatic nitrogens is 1. The van der Waals surface area contributed by atoms with Crippen molar-refractivity contribution in [1.82, 2.24) is 14.2 Å². The smallest absolute Gasteiger partial charge is 0.221 e. The molecule has 0 fully saturated rings. The van der Waals surface area contributed by atoms with E-state index in [1.807, 2.05) is 6.08 Å². The van der Waals surface area contributed by atoms with Crippen LogP contribution in [-0.2, 0) is 16.4 Å². The molecule has 0 saturated carbocycles. The van der Waals surface area contributed by atoms with Crippen LogP contribution in [0, 0.1) is 6.92 Å². The molecule has 2 aromatic rings. The van der Waals surface area contributed by atoms with Gasteiger partial charge in [-0.05, 0) is 49.1 Å². The maximum absolute atomic E-state index is 12.9. The van der Waals surface area contributed by atoms with Gasteiger partial charge in [-0.1, -0.05) is 25.1 Å². The maximum Gasteiger partial charge on any atom is 0.221 e. The lowest BCUT2D eigenvalue weighted by Gasteiger charge is -2.42. The number of rotatable bonds is 4. The fourth-order valence-electron chi connectivity index (χ4n) is 4.55. The molecule has 0 saturated heterocycles. The summed E-state index contributed by atoms with van der Waals surface area (Å²) in [5.74, 6) is 0. The number of benzene rings is 1. The molecular formula is C20H27N3O2S. The normalized spacial score (nSPS) is 23.3. The van der Waals surface area contributed by atoms with Gasteiger partial charge in [0.05, 0.1) is 0 Å². The highest BCUT2D eigenvalue weighted by Crippen LogP contribution is 2.42. The van der Waals surface area contributed by atoms with E-state index in [4.69, 9.17) is 0 Å². The Kier molecular flexibility index (Phi) is 4.25. The van der Waals surface area contributed by atoms with Crippen LogP contribution in [0.4, 0.5) is 0 Å². The maximum atomic E-state index is 12.9. The molecule has 5 nitrogen and oxygen atoms in total. The van der Waals surface area contributed by atoms with Crippen molar-refractivity contribution in [3.05, 3.63) is 41.1 Å². The molecule has 1 aromatic carbocycles. The first-order chi connectivity index (χ1) is 12.3. The third-order valence-electron chi connectivity index (χ3n) is 5.83. The molecule has 2 heterocycles. The molecule has 2 atom stereocenters. The fourth-order valence-corrected chi connectivity index (χ4v) is 5.79. The van der Waals surface area contributed by atoms with Crippen molar-refractivity contribution >= 4 is 26.5 Å². The van der Waals surface area contributed by atoms with E-state index in [-0.39, 0.29) is 6.04 Å². The Morgan fingerprint density at radius 1 is 1.31 bits per heavy atom. The second-order valence-electron chi connectivity index (χ2n) is 7.66. The molecule has 26 heavy (non-hydrogen) atoms. The lowest BCUT2D eigenvalue weighted by molar-refractivity contribution is 0.228. The molecule has 0 unspecified atom stereocenters. The van der Waals surface area contributed by atoms with Crippen LogP contribution in [0.1, 0.15) is 30.2 Å². The largest absolute Gasteiger partial charge is 0.358 e. The number of aromatic amines is 1. The van der Waals surface area contributed by atoms with Crippen molar-refractivity contribution in [2.45, 2.75) is 38.0 Å². The van der Waals surface area contributed by atoms with Gasteiger partial charge in [0, 0.05) is 43.3 Å². The third kappa shape index (κ3) is 2.54. The van der Waals surface area contributed by atoms with E-state index in [0.29, 0.717) is 6.54 Å². The molecule has 140 valence electrons. The summed E-state index contributed by atoms with van der Waals surface area (Å²) in [5, 5.41) is 0.777. The van der Waals surface area contributed by atoms with E-state index < -0.39 is 15.3 Å². The minimum Gasteiger partial charge on any atom is -0.358 e. The minimum absolute atomic E-state index is 0.260. The van der Waals surface area contributed by atoms with E-state index in [1.165, 1.54) is 32.1 Å². The average molecular weight is 374 g/mol. The molecule has 1 N–H and O–H groups in total. The van der Waals surface area contributed by atoms with Gasteiger partial charge in [-0.25, -0.2) is 12.7 Å². The number of nitrogens with zero attached hydrogens (tertiary/aromatic N) is 2. The molecule has 0 amide bonds. The summed E-state index contributed by atoms with van der Waals surface area (Å²) in [6.45, 7) is 5.78. The average Bonchev–Trinajstić information content (AvgIpc) is 2.92. The van der Waals surface area contributed by atoms with Gasteiger partial charge >= 0.3 is 0 Å². The molecular weight excluding hydrogens is 346 g/mol. The lowest BCUT2D eigenvalue weighted by Crippen LogP contribution is -2.50. The van der Waals surface area contributed by atoms with Gasteiger partial charge in [0.15, 0.2) is 0 Å². The topological polar surface area (TPSA) is 56.4 Å². The summed E-state index contributed by atoms with van der Waals surface area (Å²) in [7, 11) is -0.0868. The van der Waals surface area contributed by atoms with E-state index in [1.54, 1.807) is 14.1 Å². The van der Waals surface area contributed by atoms with Crippen molar-refractivity contribution in [1.29, 1.82) is 0 Å². The first-order valence-electron chi connectivity index (χ1n) is 9.32. The molecule has 6 heteroatoms. The number of sulfonamides is 1. The molecule has 4 rings (SSSR count). The Labute approximate surface area is 155 Å². The van der Waals surface area contributed by atoms with Crippen LogP contribution in [0.15, 0.2) is 24.3 Å². The predicted octanol–water partition coefficient (Wildman–Crippen LogP) is 2.77. The second-order valence-corrected chi connectivity index (χ2v) is 10.0. The van der Waals surface area contributed by atoms with Crippen LogP contribution in [0.2, 0.25) is 0 Å². The number of aryl methyl sites for hydroxylation is 1. The molecule has 0 spiro atoms. The van der Waals surface area contributed by atoms with Gasteiger partial charge in [-0.3, -0.25) is 4.90 Å². The Hall–Kier alpha value is -1.63. The first-order valence-corrected chi connectivity index (χ1v) is 10.8. The second kappa shape index (κ2) is 6.22. The Morgan fingerprint density at radius 2 is 2.08 bits per heavy atom. The van der Waals surface area contributed by atoms with Crippen molar-refractivity contribution < 1.29 is 8.42 Å². The highest BCUT2D eigenvalue weighted by Gasteiger charge is 2.39. The SMILES string of the molecule is CCCN1C[C@@H](S(=O)(=O)N(C)C)C=C2c3cccc4[nH]c(C)c(c34)C[C@H]21. The van der Waals surface area contributed by atoms with Crippen LogP contribution >= 0.6 is 0 Å². The summed E-state index contributed by atoms with van der Waals surface area (Å²) in [5.41, 5.74) is 6.13. The standard InChI is InChI=1S/C20H27N3O2S/c1-5-9-23-12-14(26(24,25)22(3)4)10-17-15-7-6-8-18-20(15)16(11-19(17)23)13(2)21-18/h6-8,10,14,19,21H,5,9,11-12H2,1-4H3/t14-,19+/m0/s1. The monoisotopic (exact) mass is 373 g/mol. The fraction of sp³-hybridized carbons (Fsp3) is 0.500. The highest BCUT2D eigenvalue weighted by atomic mass is 32.2. The van der Waals surface area contributed by atoms with Crippen LogP contribution < -0.4 is 0 Å². The summed E-state index contributed by atoms with van der Waals surface area (Å²) in [6.07, 6.45) is 3.98. The summed E-state index contributed by atoms with van der Waals surface area (Å²) in [4.78, 5) is 5.87. The van der Waals surface area contributed by atoms with E-state index in [9.17, 15) is 8.42 Å². The van der Waals surface area contributed by atoms with E-state index >= 15 is 0 Å². The number of fused-ring (bicyclic) bond motifs is 2. The van der Waals surface area contributed by atoms with Gasteiger partial charge < -0.3 is 4.98 Å². The summed E-state index contributed by atoms with van der Waals surface area (Å²) < 4.78 is 27.1. The van der Waals surface area contributed by atoms with Crippen molar-refractivity contribution in [2.75, 3.05) is 27.2 Å². The van der Waals surface area contributed by atoms with E-state index in [2.05, 4.69) is 41.9 Å². The highest BCUT2D eigenvalue weighted by molar-refractivity contribution is 7.89. The third-order valence-corrected chi connectivity index (χ3v) is 7.90. The van der Waals surface area contributed by atoms with Crippen LogP contribution in [0.25, 0.3) is 16.5 Å². The lowest BCUT2D eigenvalue weighted by atomic mass is 9.81. The van der Waals surface area contributed by atoms with E-state index in [0.717, 1.165) is 24.9 Å². The number of nitrogens with one attached hydrogen (secondary N) is 1. The Balaban J connectivity index is 1.92. The number of hydrogen-bond donors (Lipinski definition) is 1. The molecule has 2 aliphatic rings. The first kappa shape index (κ1) is 17.8. The van der Waals surface area contributed by atoms with Crippen molar-refractivity contribution in [2.24, 2.45) is 0 Å².